The summed E-state index contributed by atoms with van der Waals surface area (Å²) < 4.78 is 3.80. The van der Waals surface area contributed by atoms with Crippen molar-refractivity contribution >= 4 is 46.5 Å². The van der Waals surface area contributed by atoms with Crippen molar-refractivity contribution in [1.82, 2.24) is 4.90 Å². The first-order valence-corrected chi connectivity index (χ1v) is 6.23. The first-order chi connectivity index (χ1) is 8.03. The summed E-state index contributed by atoms with van der Waals surface area (Å²) in [6, 6.07) is 3.81. The molecule has 1 aromatic rings. The average Bonchev–Trinajstić information content (AvgIpc) is 2.99. The van der Waals surface area contributed by atoms with Crippen molar-refractivity contribution in [3.63, 3.8) is 0 Å². The van der Waals surface area contributed by atoms with Gasteiger partial charge in [0.25, 0.3) is 0 Å². The maximum Gasteiger partial charge on any atom is 0.249 e. The zero-order chi connectivity index (χ0) is 11.8. The van der Waals surface area contributed by atoms with E-state index in [0.717, 1.165) is 18.0 Å². The number of amidine groups is 2. The van der Waals surface area contributed by atoms with E-state index in [1.165, 1.54) is 0 Å². The minimum atomic E-state index is -1.53. The number of aliphatic imine (C=N–C) groups is 2. The Balaban J connectivity index is 1.59. The van der Waals surface area contributed by atoms with Gasteiger partial charge in [0.2, 0.25) is 3.79 Å². The highest BCUT2D eigenvalue weighted by Crippen LogP contribution is 2.64. The molecule has 0 N–H and O–H groups in total. The van der Waals surface area contributed by atoms with Gasteiger partial charge >= 0.3 is 0 Å². The van der Waals surface area contributed by atoms with Crippen LogP contribution in [0.3, 0.4) is 0 Å². The van der Waals surface area contributed by atoms with Crippen LogP contribution in [0.15, 0.2) is 32.8 Å². The molecule has 0 amide bonds. The summed E-state index contributed by atoms with van der Waals surface area (Å²) >= 11 is 17.3. The fourth-order valence-corrected chi connectivity index (χ4v) is 2.69. The molecule has 0 aliphatic carbocycles. The molecule has 1 aromatic heterocycles. The molecular formula is C10H6Cl3N3O. The van der Waals surface area contributed by atoms with Crippen molar-refractivity contribution in [1.29, 1.82) is 0 Å². The number of nitrogens with zero attached hydrogens (tertiary/aromatic N) is 3. The predicted octanol–water partition coefficient (Wildman–Crippen LogP) is 2.40. The lowest BCUT2D eigenvalue weighted by molar-refractivity contribution is 0.500. The molecule has 4 nitrogen and oxygen atoms in total. The SMILES string of the molecule is ClC(Cl)(Cl)C1=NC2N3C(=N1)C23Cc1ccco1. The summed E-state index contributed by atoms with van der Waals surface area (Å²) in [5.41, 5.74) is -0.0722. The van der Waals surface area contributed by atoms with E-state index in [4.69, 9.17) is 39.2 Å². The minimum Gasteiger partial charge on any atom is -0.469 e. The van der Waals surface area contributed by atoms with Crippen LogP contribution in [0.1, 0.15) is 5.76 Å². The van der Waals surface area contributed by atoms with Gasteiger partial charge in [-0.3, -0.25) is 0 Å². The molecule has 5 rings (SSSR count). The van der Waals surface area contributed by atoms with E-state index < -0.39 is 3.79 Å². The molecular weight excluding hydrogens is 284 g/mol. The van der Waals surface area contributed by atoms with Crippen LogP contribution in [0.5, 0.6) is 0 Å². The zero-order valence-electron chi connectivity index (χ0n) is 8.40. The standard InChI is InChI=1S/C10H6Cl3N3O/c11-10(12,13)6-14-7-9(8(15-6)16(7)9)4-5-2-1-3-17-5/h1-3,7H,4H2. The summed E-state index contributed by atoms with van der Waals surface area (Å²) in [6.45, 7) is 0. The lowest BCUT2D eigenvalue weighted by Crippen LogP contribution is -2.32. The maximum atomic E-state index is 5.75. The Morgan fingerprint density at radius 2 is 2.29 bits per heavy atom. The van der Waals surface area contributed by atoms with E-state index >= 15 is 0 Å². The molecule has 2 unspecified atom stereocenters. The first kappa shape index (κ1) is 10.2. The number of alkyl halides is 3. The Labute approximate surface area is 112 Å². The molecule has 88 valence electrons. The Bertz CT molecular complexity index is 560. The highest BCUT2D eigenvalue weighted by atomic mass is 35.6. The van der Waals surface area contributed by atoms with E-state index in [-0.39, 0.29) is 17.5 Å². The third-order valence-electron chi connectivity index (χ3n) is 3.33. The molecule has 17 heavy (non-hydrogen) atoms. The van der Waals surface area contributed by atoms with Gasteiger partial charge in [0.1, 0.15) is 17.1 Å². The number of furan rings is 1. The molecule has 2 fully saturated rings. The maximum absolute atomic E-state index is 5.75. The topological polar surface area (TPSA) is 40.9 Å². The number of rotatable bonds is 2. The number of fused-ring (bicyclic) bond motifs is 1. The fourth-order valence-electron chi connectivity index (χ4n) is 2.41. The quantitative estimate of drug-likeness (QED) is 0.620. The second-order valence-corrected chi connectivity index (χ2v) is 6.59. The Kier molecular flexibility index (Phi) is 1.70. The molecule has 5 heterocycles. The van der Waals surface area contributed by atoms with Gasteiger partial charge in [0.05, 0.1) is 6.26 Å². The van der Waals surface area contributed by atoms with Crippen molar-refractivity contribution in [3.05, 3.63) is 24.2 Å². The number of halogens is 3. The molecule has 0 radical (unpaired) electrons. The van der Waals surface area contributed by atoms with Crippen LogP contribution >= 0.6 is 34.8 Å². The number of hydrogen-bond donors (Lipinski definition) is 0. The van der Waals surface area contributed by atoms with Crippen molar-refractivity contribution in [2.75, 3.05) is 0 Å². The molecule has 7 heteroatoms. The van der Waals surface area contributed by atoms with Crippen molar-refractivity contribution in [2.24, 2.45) is 9.98 Å². The van der Waals surface area contributed by atoms with E-state index in [0.29, 0.717) is 0 Å². The second-order valence-electron chi connectivity index (χ2n) is 4.31. The van der Waals surface area contributed by atoms with Gasteiger partial charge in [-0.2, -0.15) is 0 Å². The molecule has 2 saturated heterocycles. The van der Waals surface area contributed by atoms with Gasteiger partial charge in [0.15, 0.2) is 12.0 Å². The van der Waals surface area contributed by atoms with Crippen LogP contribution in [0, 0.1) is 0 Å². The van der Waals surface area contributed by atoms with Gasteiger partial charge in [-0.1, -0.05) is 34.8 Å². The predicted molar refractivity (Wildman–Crippen MR) is 65.9 cm³/mol. The molecule has 4 aliphatic heterocycles. The Morgan fingerprint density at radius 1 is 1.47 bits per heavy atom. The lowest BCUT2D eigenvalue weighted by Gasteiger charge is -2.17. The van der Waals surface area contributed by atoms with Crippen LogP contribution in [-0.4, -0.2) is 32.1 Å². The van der Waals surface area contributed by atoms with Gasteiger partial charge < -0.3 is 9.32 Å². The van der Waals surface area contributed by atoms with Crippen LogP contribution in [0.4, 0.5) is 0 Å². The van der Waals surface area contributed by atoms with Crippen molar-refractivity contribution < 1.29 is 4.42 Å². The summed E-state index contributed by atoms with van der Waals surface area (Å²) in [5, 5.41) is 0. The Morgan fingerprint density at radius 3 is 2.82 bits per heavy atom. The fraction of sp³-hybridized carbons (Fsp3) is 0.400. The van der Waals surface area contributed by atoms with E-state index in [1.807, 2.05) is 12.1 Å². The molecule has 2 atom stereocenters. The van der Waals surface area contributed by atoms with Crippen molar-refractivity contribution in [3.8, 4) is 0 Å². The van der Waals surface area contributed by atoms with Gasteiger partial charge in [0, 0.05) is 6.42 Å². The van der Waals surface area contributed by atoms with E-state index in [1.54, 1.807) is 6.26 Å². The lowest BCUT2D eigenvalue weighted by atomic mass is 10.0. The third-order valence-corrected chi connectivity index (χ3v) is 3.84. The summed E-state index contributed by atoms with van der Waals surface area (Å²) in [5.74, 6) is 2.16. The summed E-state index contributed by atoms with van der Waals surface area (Å²) in [6.07, 6.45) is 2.51. The molecule has 0 aromatic carbocycles. The zero-order valence-corrected chi connectivity index (χ0v) is 10.7. The highest BCUT2D eigenvalue weighted by Gasteiger charge is 2.86. The average molecular weight is 291 g/mol. The molecule has 0 spiro atoms. The molecule has 4 aliphatic rings. The van der Waals surface area contributed by atoms with Crippen LogP contribution in [0.2, 0.25) is 0 Å². The van der Waals surface area contributed by atoms with Crippen LogP contribution in [0.25, 0.3) is 0 Å². The smallest absolute Gasteiger partial charge is 0.249 e. The Hall–Kier alpha value is -0.710. The highest BCUT2D eigenvalue weighted by molar-refractivity contribution is 6.77. The van der Waals surface area contributed by atoms with Gasteiger partial charge in [-0.15, -0.1) is 0 Å². The minimum absolute atomic E-state index is 0.0722. The van der Waals surface area contributed by atoms with Crippen LogP contribution in [-0.2, 0) is 6.42 Å². The third kappa shape index (κ3) is 1.21. The van der Waals surface area contributed by atoms with Crippen molar-refractivity contribution in [2.45, 2.75) is 21.9 Å². The van der Waals surface area contributed by atoms with Gasteiger partial charge in [-0.05, 0) is 12.1 Å². The van der Waals surface area contributed by atoms with Crippen LogP contribution < -0.4 is 0 Å². The normalized spacial score (nSPS) is 32.9. The first-order valence-electron chi connectivity index (χ1n) is 5.09. The summed E-state index contributed by atoms with van der Waals surface area (Å²) in [7, 11) is 0. The summed E-state index contributed by atoms with van der Waals surface area (Å²) in [4.78, 5) is 10.7. The molecule has 2 bridgehead atoms. The molecule has 0 saturated carbocycles. The number of hydrogen-bond acceptors (Lipinski definition) is 4. The largest absolute Gasteiger partial charge is 0.469 e. The van der Waals surface area contributed by atoms with Gasteiger partial charge in [-0.25, -0.2) is 9.98 Å². The van der Waals surface area contributed by atoms with E-state index in [2.05, 4.69) is 14.9 Å². The monoisotopic (exact) mass is 289 g/mol. The second kappa shape index (κ2) is 2.82. The van der Waals surface area contributed by atoms with E-state index in [9.17, 15) is 0 Å².